The van der Waals surface area contributed by atoms with E-state index in [1.165, 1.54) is 12.8 Å². The molecule has 0 bridgehead atoms. The van der Waals surface area contributed by atoms with Gasteiger partial charge in [-0.2, -0.15) is 0 Å². The van der Waals surface area contributed by atoms with Gasteiger partial charge in [-0.25, -0.2) is 4.79 Å². The molecule has 2 saturated carbocycles. The first-order valence-electron chi connectivity index (χ1n) is 6.51. The van der Waals surface area contributed by atoms with Crippen molar-refractivity contribution in [2.75, 3.05) is 0 Å². The molecule has 92 valence electrons. The molecule has 0 aliphatic heterocycles. The summed E-state index contributed by atoms with van der Waals surface area (Å²) in [6.45, 7) is 0. The second-order valence-corrected chi connectivity index (χ2v) is 5.06. The zero-order chi connectivity index (χ0) is 11.4. The maximum absolute atomic E-state index is 11.6. The minimum absolute atomic E-state index is 0.0532. The number of aliphatic hydroxyl groups is 1. The molecule has 0 spiro atoms. The molecule has 2 atom stereocenters. The van der Waals surface area contributed by atoms with Crippen LogP contribution in [-0.4, -0.2) is 29.3 Å². The largest absolute Gasteiger partial charge is 0.391 e. The number of aliphatic hydroxyl groups excluding tert-OH is 1. The van der Waals surface area contributed by atoms with Crippen LogP contribution in [0, 0.1) is 0 Å². The Labute approximate surface area is 96.8 Å². The van der Waals surface area contributed by atoms with Crippen molar-refractivity contribution in [1.29, 1.82) is 0 Å². The highest BCUT2D eigenvalue weighted by molar-refractivity contribution is 5.74. The predicted octanol–water partition coefficient (Wildman–Crippen LogP) is 1.53. The third-order valence-electron chi connectivity index (χ3n) is 3.74. The summed E-state index contributed by atoms with van der Waals surface area (Å²) in [4.78, 5) is 11.6. The van der Waals surface area contributed by atoms with Gasteiger partial charge < -0.3 is 15.7 Å². The molecule has 2 rings (SSSR count). The number of hydrogen-bond acceptors (Lipinski definition) is 2. The summed E-state index contributed by atoms with van der Waals surface area (Å²) in [5, 5.41) is 15.7. The Kier molecular flexibility index (Phi) is 4.04. The van der Waals surface area contributed by atoms with Crippen LogP contribution in [0.3, 0.4) is 0 Å². The molecular weight excluding hydrogens is 204 g/mol. The van der Waals surface area contributed by atoms with Crippen LogP contribution in [0.5, 0.6) is 0 Å². The van der Waals surface area contributed by atoms with E-state index in [4.69, 9.17) is 0 Å². The molecule has 2 aliphatic rings. The fraction of sp³-hybridized carbons (Fsp3) is 0.917. The fourth-order valence-corrected chi connectivity index (χ4v) is 2.40. The van der Waals surface area contributed by atoms with Gasteiger partial charge in [-0.15, -0.1) is 0 Å². The summed E-state index contributed by atoms with van der Waals surface area (Å²) >= 11 is 0. The smallest absolute Gasteiger partial charge is 0.315 e. The third-order valence-corrected chi connectivity index (χ3v) is 3.74. The van der Waals surface area contributed by atoms with Crippen molar-refractivity contribution in [3.63, 3.8) is 0 Å². The van der Waals surface area contributed by atoms with Gasteiger partial charge in [0.05, 0.1) is 12.1 Å². The van der Waals surface area contributed by atoms with E-state index in [0.717, 1.165) is 38.5 Å². The van der Waals surface area contributed by atoms with E-state index in [2.05, 4.69) is 10.6 Å². The van der Waals surface area contributed by atoms with Crippen LogP contribution in [0.25, 0.3) is 0 Å². The number of carbonyl (C=O) groups excluding carboxylic acids is 1. The molecule has 0 aromatic rings. The Bertz CT molecular complexity index is 241. The Morgan fingerprint density at radius 2 is 1.69 bits per heavy atom. The topological polar surface area (TPSA) is 61.4 Å². The van der Waals surface area contributed by atoms with Crippen LogP contribution in [-0.2, 0) is 0 Å². The number of urea groups is 1. The van der Waals surface area contributed by atoms with Crippen molar-refractivity contribution in [3.05, 3.63) is 0 Å². The first-order valence-corrected chi connectivity index (χ1v) is 6.51. The van der Waals surface area contributed by atoms with Crippen molar-refractivity contribution in [2.45, 2.75) is 69.6 Å². The number of amides is 2. The van der Waals surface area contributed by atoms with Gasteiger partial charge in [0.1, 0.15) is 0 Å². The molecule has 16 heavy (non-hydrogen) atoms. The average molecular weight is 226 g/mol. The van der Waals surface area contributed by atoms with E-state index in [0.29, 0.717) is 6.04 Å². The average Bonchev–Trinajstić information content (AvgIpc) is 2.39. The van der Waals surface area contributed by atoms with Gasteiger partial charge in [-0.1, -0.05) is 19.3 Å². The Balaban J connectivity index is 1.74. The van der Waals surface area contributed by atoms with Crippen LogP contribution < -0.4 is 10.6 Å². The summed E-state index contributed by atoms with van der Waals surface area (Å²) in [5.74, 6) is 0. The molecule has 2 amide bonds. The number of nitrogens with one attached hydrogen (secondary N) is 2. The Hall–Kier alpha value is -0.770. The maximum atomic E-state index is 11.6. The lowest BCUT2D eigenvalue weighted by atomic mass is 9.93. The maximum Gasteiger partial charge on any atom is 0.315 e. The van der Waals surface area contributed by atoms with Crippen molar-refractivity contribution in [2.24, 2.45) is 0 Å². The molecule has 3 N–H and O–H groups in total. The van der Waals surface area contributed by atoms with Crippen LogP contribution in [0.4, 0.5) is 4.79 Å². The summed E-state index contributed by atoms with van der Waals surface area (Å²) < 4.78 is 0. The van der Waals surface area contributed by atoms with Gasteiger partial charge >= 0.3 is 6.03 Å². The van der Waals surface area contributed by atoms with E-state index < -0.39 is 0 Å². The lowest BCUT2D eigenvalue weighted by Gasteiger charge is -2.28. The summed E-state index contributed by atoms with van der Waals surface area (Å²) in [6, 6.07) is 0.209. The van der Waals surface area contributed by atoms with Crippen molar-refractivity contribution >= 4 is 6.03 Å². The van der Waals surface area contributed by atoms with Crippen molar-refractivity contribution in [3.8, 4) is 0 Å². The lowest BCUT2D eigenvalue weighted by Crippen LogP contribution is -2.51. The third kappa shape index (κ3) is 3.11. The standard InChI is InChI=1S/C12H22N2O2/c15-11-8-3-1-2-7-10(11)14-12(16)13-9-5-4-6-9/h9-11,15H,1-8H2,(H2,13,14,16). The molecule has 4 heteroatoms. The first kappa shape index (κ1) is 11.7. The van der Waals surface area contributed by atoms with Crippen LogP contribution >= 0.6 is 0 Å². The predicted molar refractivity (Wildman–Crippen MR) is 62.2 cm³/mol. The van der Waals surface area contributed by atoms with E-state index in [1.807, 2.05) is 0 Å². The summed E-state index contributed by atoms with van der Waals surface area (Å²) in [7, 11) is 0. The van der Waals surface area contributed by atoms with E-state index >= 15 is 0 Å². The Morgan fingerprint density at radius 1 is 0.938 bits per heavy atom. The fourth-order valence-electron chi connectivity index (χ4n) is 2.40. The lowest BCUT2D eigenvalue weighted by molar-refractivity contribution is 0.121. The molecule has 0 aromatic carbocycles. The Morgan fingerprint density at radius 3 is 2.38 bits per heavy atom. The number of carbonyl (C=O) groups is 1. The molecule has 2 unspecified atom stereocenters. The van der Waals surface area contributed by atoms with Gasteiger partial charge in [-0.05, 0) is 32.1 Å². The second kappa shape index (κ2) is 5.53. The van der Waals surface area contributed by atoms with Crippen molar-refractivity contribution < 1.29 is 9.90 Å². The molecular formula is C12H22N2O2. The number of hydrogen-bond donors (Lipinski definition) is 3. The van der Waals surface area contributed by atoms with Gasteiger partial charge in [0, 0.05) is 6.04 Å². The molecule has 0 heterocycles. The number of rotatable bonds is 2. The van der Waals surface area contributed by atoms with Crippen LogP contribution in [0.2, 0.25) is 0 Å². The highest BCUT2D eigenvalue weighted by Crippen LogP contribution is 2.19. The molecule has 0 aromatic heterocycles. The van der Waals surface area contributed by atoms with Crippen LogP contribution in [0.15, 0.2) is 0 Å². The summed E-state index contributed by atoms with van der Waals surface area (Å²) in [5.41, 5.74) is 0. The van der Waals surface area contributed by atoms with E-state index in [9.17, 15) is 9.90 Å². The first-order chi connectivity index (χ1) is 7.75. The zero-order valence-electron chi connectivity index (χ0n) is 9.74. The molecule has 4 nitrogen and oxygen atoms in total. The van der Waals surface area contributed by atoms with Gasteiger partial charge in [0.15, 0.2) is 0 Å². The zero-order valence-corrected chi connectivity index (χ0v) is 9.74. The minimum Gasteiger partial charge on any atom is -0.391 e. The second-order valence-electron chi connectivity index (χ2n) is 5.06. The quantitative estimate of drug-likeness (QED) is 0.625. The molecule has 2 aliphatic carbocycles. The van der Waals surface area contributed by atoms with Crippen LogP contribution in [0.1, 0.15) is 51.4 Å². The van der Waals surface area contributed by atoms with Gasteiger partial charge in [0.2, 0.25) is 0 Å². The van der Waals surface area contributed by atoms with Gasteiger partial charge in [-0.3, -0.25) is 0 Å². The molecule has 0 saturated heterocycles. The van der Waals surface area contributed by atoms with E-state index in [-0.39, 0.29) is 18.2 Å². The highest BCUT2D eigenvalue weighted by Gasteiger charge is 2.25. The van der Waals surface area contributed by atoms with Crippen molar-refractivity contribution in [1.82, 2.24) is 10.6 Å². The SMILES string of the molecule is O=C(NC1CCC1)NC1CCCCCC1O. The van der Waals surface area contributed by atoms with E-state index in [1.54, 1.807) is 0 Å². The molecule has 2 fully saturated rings. The minimum atomic E-state index is -0.366. The van der Waals surface area contributed by atoms with Gasteiger partial charge in [0.25, 0.3) is 0 Å². The highest BCUT2D eigenvalue weighted by atomic mass is 16.3. The summed E-state index contributed by atoms with van der Waals surface area (Å²) in [6.07, 6.45) is 8.11. The molecule has 0 radical (unpaired) electrons. The monoisotopic (exact) mass is 226 g/mol. The normalized spacial score (nSPS) is 31.3.